The number of thioether (sulfide) groups is 1. The Balaban J connectivity index is 2.02. The van der Waals surface area contributed by atoms with E-state index >= 15 is 0 Å². The third-order valence-corrected chi connectivity index (χ3v) is 14.2. The van der Waals surface area contributed by atoms with Gasteiger partial charge in [-0.3, -0.25) is 18.7 Å². The summed E-state index contributed by atoms with van der Waals surface area (Å²) in [6, 6.07) is -0.646. The molecule has 8 atom stereocenters. The van der Waals surface area contributed by atoms with Crippen LogP contribution in [0.5, 0.6) is 0 Å². The molecule has 22 heteroatoms. The molecule has 0 aliphatic rings. The highest BCUT2D eigenvalue weighted by molar-refractivity contribution is 7.98. The lowest BCUT2D eigenvalue weighted by Crippen LogP contribution is -2.41. The highest BCUT2D eigenvalue weighted by atomic mass is 32.2. The van der Waals surface area contributed by atoms with Crippen molar-refractivity contribution in [2.24, 2.45) is 28.1 Å². The van der Waals surface area contributed by atoms with Crippen LogP contribution >= 0.6 is 34.6 Å². The topological polar surface area (TPSA) is 271 Å². The molecule has 8 unspecified atom stereocenters. The molecule has 18 nitrogen and oxygen atoms in total. The second kappa shape index (κ2) is 19.6. The molecule has 0 saturated carbocycles. The van der Waals surface area contributed by atoms with E-state index in [0.29, 0.717) is 17.7 Å². The predicted octanol–water partition coefficient (Wildman–Crippen LogP) is 2.92. The third-order valence-electron chi connectivity index (χ3n) is 8.47. The highest BCUT2D eigenvalue weighted by Crippen LogP contribution is 2.62. The number of nitrogen functional groups attached to an aromatic ring is 1. The summed E-state index contributed by atoms with van der Waals surface area (Å²) in [4.78, 5) is 71.9. The van der Waals surface area contributed by atoms with E-state index in [1.807, 2.05) is 6.26 Å². The number of rotatable bonds is 23. The van der Waals surface area contributed by atoms with Gasteiger partial charge in [0, 0.05) is 36.1 Å². The van der Waals surface area contributed by atoms with Crippen molar-refractivity contribution in [2.75, 3.05) is 56.1 Å². The Labute approximate surface area is 297 Å². The molecular weight excluding hydrogens is 733 g/mol. The lowest BCUT2D eigenvalue weighted by Gasteiger charge is -2.33. The normalized spacial score (nSPS) is 18.2. The summed E-state index contributed by atoms with van der Waals surface area (Å²) in [5, 5.41) is 16.8. The van der Waals surface area contributed by atoms with Crippen molar-refractivity contribution in [1.82, 2.24) is 30.2 Å². The van der Waals surface area contributed by atoms with Crippen molar-refractivity contribution < 1.29 is 42.7 Å². The van der Waals surface area contributed by atoms with Gasteiger partial charge in [-0.15, -0.1) is 4.91 Å². The summed E-state index contributed by atoms with van der Waals surface area (Å²) in [7, 11) is -11.5. The van der Waals surface area contributed by atoms with Crippen LogP contribution in [0.2, 0.25) is 0 Å². The number of aliphatic hydroxyl groups is 1. The summed E-state index contributed by atoms with van der Waals surface area (Å²) in [6.07, 6.45) is 7.36. The van der Waals surface area contributed by atoms with Crippen LogP contribution in [0.4, 0.5) is 5.82 Å². The minimum Gasteiger partial charge on any atom is -0.391 e. The van der Waals surface area contributed by atoms with Crippen LogP contribution in [0.1, 0.15) is 47.1 Å². The van der Waals surface area contributed by atoms with Gasteiger partial charge >= 0.3 is 15.1 Å². The van der Waals surface area contributed by atoms with E-state index in [2.05, 4.69) is 36.8 Å². The third kappa shape index (κ3) is 13.1. The molecule has 2 aromatic rings. The largest absolute Gasteiger partial charge is 0.391 e. The van der Waals surface area contributed by atoms with Crippen molar-refractivity contribution in [3.63, 3.8) is 0 Å². The molecule has 2 aromatic heterocycles. The Bertz CT molecular complexity index is 1580. The monoisotopic (exact) mass is 784 g/mol. The number of nitroso groups, excluding NO2 is 1. The number of aliphatic hydroxyl groups excluding tert-OH is 1. The molecule has 0 aromatic carbocycles. The summed E-state index contributed by atoms with van der Waals surface area (Å²) < 4.78 is 38.5. The van der Waals surface area contributed by atoms with E-state index in [0.717, 1.165) is 5.75 Å². The summed E-state index contributed by atoms with van der Waals surface area (Å²) in [5.41, 5.74) is 5.61. The molecule has 0 saturated heterocycles. The Morgan fingerprint density at radius 2 is 1.86 bits per heavy atom. The van der Waals surface area contributed by atoms with Crippen LogP contribution in [0.15, 0.2) is 17.6 Å². The first-order chi connectivity index (χ1) is 23.3. The van der Waals surface area contributed by atoms with Crippen molar-refractivity contribution in [2.45, 2.75) is 53.2 Å². The number of fused-ring (bicyclic) bond motifs is 1. The minimum atomic E-state index is -4.74. The van der Waals surface area contributed by atoms with Gasteiger partial charge in [0.05, 0.1) is 31.7 Å². The first kappa shape index (κ1) is 44.0. The van der Waals surface area contributed by atoms with E-state index in [1.54, 1.807) is 50.9 Å². The number of anilines is 1. The van der Waals surface area contributed by atoms with E-state index < -0.39 is 83.2 Å². The summed E-state index contributed by atoms with van der Waals surface area (Å²) >= 11 is 1.59. The Kier molecular flexibility index (Phi) is 17.2. The number of nitrogens with two attached hydrogens (primary N) is 1. The first-order valence-corrected chi connectivity index (χ1v) is 22.6. The number of nitrogens with one attached hydrogen (secondary N) is 2. The molecule has 7 N–H and O–H groups in total. The van der Waals surface area contributed by atoms with Crippen LogP contribution in [0.3, 0.4) is 0 Å². The smallest absolute Gasteiger partial charge is 0.364 e. The second-order valence-corrected chi connectivity index (χ2v) is 19.8. The second-order valence-electron chi connectivity index (χ2n) is 12.9. The van der Waals surface area contributed by atoms with Gasteiger partial charge in [-0.2, -0.15) is 11.8 Å². The van der Waals surface area contributed by atoms with E-state index in [-0.39, 0.29) is 30.9 Å². The zero-order valence-electron chi connectivity index (χ0n) is 29.2. The molecule has 2 rings (SSSR count). The van der Waals surface area contributed by atoms with Crippen LogP contribution in [0.25, 0.3) is 11.2 Å². The Morgan fingerprint density at radius 3 is 2.48 bits per heavy atom. The summed E-state index contributed by atoms with van der Waals surface area (Å²) in [5.74, 6) is -2.96. The fourth-order valence-corrected chi connectivity index (χ4v) is 10.1. The fourth-order valence-electron chi connectivity index (χ4n) is 4.92. The predicted molar refractivity (Wildman–Crippen MR) is 198 cm³/mol. The maximum Gasteiger partial charge on any atom is 0.364 e. The van der Waals surface area contributed by atoms with Crippen LogP contribution < -0.4 is 16.4 Å². The van der Waals surface area contributed by atoms with Gasteiger partial charge in [0.1, 0.15) is 11.8 Å². The maximum absolute atomic E-state index is 13.3. The Morgan fingerprint density at radius 1 is 1.18 bits per heavy atom. The maximum atomic E-state index is 13.3. The standard InChI is InChI=1S/C28H51N8O10P3S/c1-18(21(13-47(6)41)24(38)20(3)36-16-34-23-25(29)32-15-33-26(23)36)12-45-48(42,35-40)17-49(43,44)46-14-28(4,5)19(2)27(39)31-9-8-22(37)30-10-11-50-7/h15-16,18-21,24,38,41,47H,6,8-14,17H2,1-5,7H3,(H,30,37)(H,31,39)(H,43,44)(H2,29,32,33). The molecular formula is C28H51N8O10P3S. The molecule has 284 valence electrons. The molecule has 0 fully saturated rings. The van der Waals surface area contributed by atoms with Crippen molar-refractivity contribution in [3.05, 3.63) is 17.6 Å². The molecule has 0 aliphatic heterocycles. The number of carbonyl (C=O) groups excluding carboxylic acids is 2. The van der Waals surface area contributed by atoms with E-state index in [4.69, 9.17) is 14.8 Å². The summed E-state index contributed by atoms with van der Waals surface area (Å²) in [6.45, 7) is 7.96. The number of nitrogens with zero attached hydrogens (tertiary/aromatic N) is 5. The quantitative estimate of drug-likeness (QED) is 0.0537. The van der Waals surface area contributed by atoms with E-state index in [9.17, 15) is 38.5 Å². The fraction of sp³-hybridized carbons (Fsp3) is 0.714. The number of carbonyl (C=O) groups is 2. The van der Waals surface area contributed by atoms with Crippen molar-refractivity contribution >= 4 is 69.7 Å². The van der Waals surface area contributed by atoms with Gasteiger partial charge in [0.2, 0.25) is 11.8 Å². The SMILES string of the molecule is C=[PH](O)CC(C(C)COP(=O)(CP(=O)(O)OCC(C)(C)C(C)C(=O)NCCC(=O)NCCSC)N=O)C(O)C(C)n1cnc2c(N)ncnc21. The molecule has 0 bridgehead atoms. The van der Waals surface area contributed by atoms with Crippen LogP contribution in [0, 0.1) is 28.1 Å². The molecule has 2 heterocycles. The number of imidazole rings is 1. The van der Waals surface area contributed by atoms with Gasteiger partial charge in [-0.05, 0) is 44.4 Å². The molecule has 0 aliphatic carbocycles. The molecule has 0 spiro atoms. The van der Waals surface area contributed by atoms with Crippen molar-refractivity contribution in [3.8, 4) is 0 Å². The van der Waals surface area contributed by atoms with Crippen LogP contribution in [-0.4, -0.2) is 109 Å². The van der Waals surface area contributed by atoms with Gasteiger partial charge in [-0.1, -0.05) is 34.0 Å². The van der Waals surface area contributed by atoms with Crippen LogP contribution in [-0.2, 0) is 27.8 Å². The van der Waals surface area contributed by atoms with Gasteiger partial charge in [0.25, 0.3) is 0 Å². The van der Waals surface area contributed by atoms with Gasteiger partial charge in [-0.25, -0.2) is 15.0 Å². The number of hydrogen-bond donors (Lipinski definition) is 6. The number of hydrogen-bond acceptors (Lipinski definition) is 14. The average Bonchev–Trinajstić information content (AvgIpc) is 3.49. The average molecular weight is 785 g/mol. The molecule has 0 radical (unpaired) electrons. The van der Waals surface area contributed by atoms with Gasteiger partial charge in [0.15, 0.2) is 17.4 Å². The lowest BCUT2D eigenvalue weighted by molar-refractivity contribution is -0.128. The zero-order valence-corrected chi connectivity index (χ0v) is 32.8. The molecule has 2 amide bonds. The first-order valence-electron chi connectivity index (χ1n) is 15.8. The lowest BCUT2D eigenvalue weighted by atomic mass is 9.80. The minimum absolute atomic E-state index is 0.0805. The zero-order chi connectivity index (χ0) is 37.9. The van der Waals surface area contributed by atoms with Gasteiger partial charge < -0.3 is 44.9 Å². The number of aromatic nitrogens is 4. The highest BCUT2D eigenvalue weighted by Gasteiger charge is 2.41. The van der Waals surface area contributed by atoms with E-state index in [1.165, 1.54) is 12.7 Å². The van der Waals surface area contributed by atoms with Crippen molar-refractivity contribution in [1.29, 1.82) is 0 Å². The molecule has 50 heavy (non-hydrogen) atoms. The Hall–Kier alpha value is -2.20. The number of amides is 2.